The summed E-state index contributed by atoms with van der Waals surface area (Å²) in [6, 6.07) is 16.7. The van der Waals surface area contributed by atoms with Crippen molar-refractivity contribution in [3.63, 3.8) is 0 Å². The normalized spacial score (nSPS) is 9.60. The summed E-state index contributed by atoms with van der Waals surface area (Å²) in [6.45, 7) is 1.18. The molecule has 0 heterocycles. The van der Waals surface area contributed by atoms with E-state index in [1.54, 1.807) is 24.3 Å². The number of rotatable bonds is 8. The molecule has 134 valence electrons. The summed E-state index contributed by atoms with van der Waals surface area (Å²) in [5.41, 5.74) is 12.0. The average Bonchev–Trinajstić information content (AvgIpc) is 2.60. The number of carbonyl (C=O) groups is 1. The number of benzene rings is 2. The monoisotopic (exact) mass is 363 g/mol. The molecule has 0 fully saturated rings. The summed E-state index contributed by atoms with van der Waals surface area (Å²) in [5.74, 6) is 0.352. The molecule has 2 rings (SSSR count). The summed E-state index contributed by atoms with van der Waals surface area (Å²) in [4.78, 5) is 15.7. The van der Waals surface area contributed by atoms with Gasteiger partial charge in [-0.1, -0.05) is 30.3 Å². The zero-order valence-corrected chi connectivity index (χ0v) is 14.6. The van der Waals surface area contributed by atoms with Crippen molar-refractivity contribution in [2.45, 2.75) is 13.0 Å². The third kappa shape index (κ3) is 7.58. The van der Waals surface area contributed by atoms with Crippen LogP contribution < -0.4 is 16.2 Å². The molecule has 4 N–H and O–H groups in total. The first-order valence-corrected chi connectivity index (χ1v) is 7.64. The van der Waals surface area contributed by atoms with Crippen LogP contribution in [0.3, 0.4) is 0 Å². The summed E-state index contributed by atoms with van der Waals surface area (Å²) in [7, 11) is 0. The Morgan fingerprint density at radius 1 is 1.00 bits per heavy atom. The molecule has 0 saturated heterocycles. The molecule has 0 unspecified atom stereocenters. The van der Waals surface area contributed by atoms with Gasteiger partial charge in [-0.25, -0.2) is 4.79 Å². The third-order valence-electron chi connectivity index (χ3n) is 3.17. The molecule has 0 aliphatic carbocycles. The van der Waals surface area contributed by atoms with Gasteiger partial charge in [0.1, 0.15) is 12.4 Å². The van der Waals surface area contributed by atoms with Crippen molar-refractivity contribution in [2.24, 2.45) is 16.5 Å². The molecular formula is C18H22ClN3O3. The lowest BCUT2D eigenvalue weighted by molar-refractivity contribution is 0.0503. The highest BCUT2D eigenvalue weighted by Crippen LogP contribution is 2.15. The molecule has 0 radical (unpaired) electrons. The lowest BCUT2D eigenvalue weighted by Crippen LogP contribution is -2.23. The molecule has 0 aromatic heterocycles. The zero-order valence-electron chi connectivity index (χ0n) is 13.8. The van der Waals surface area contributed by atoms with Crippen molar-refractivity contribution < 1.29 is 14.3 Å². The second-order valence-corrected chi connectivity index (χ2v) is 5.09. The van der Waals surface area contributed by atoms with Gasteiger partial charge >= 0.3 is 5.97 Å². The molecule has 6 nitrogen and oxygen atoms in total. The van der Waals surface area contributed by atoms with E-state index in [2.05, 4.69) is 4.99 Å². The highest BCUT2D eigenvalue weighted by atomic mass is 35.5. The van der Waals surface area contributed by atoms with Crippen molar-refractivity contribution in [1.29, 1.82) is 0 Å². The van der Waals surface area contributed by atoms with Crippen molar-refractivity contribution in [2.75, 3.05) is 13.2 Å². The second-order valence-electron chi connectivity index (χ2n) is 5.09. The standard InChI is InChI=1S/C18H21N3O3.ClH/c19-18(20)21-11-4-12-23-17(22)15-7-9-16(10-8-15)24-13-14-5-2-1-3-6-14;/h1-3,5-10H,4,11-13H2,(H4,19,20,21);1H. The Bertz CT molecular complexity index is 672. The van der Waals surface area contributed by atoms with Crippen LogP contribution in [0.15, 0.2) is 59.6 Å². The lowest BCUT2D eigenvalue weighted by Gasteiger charge is -2.07. The van der Waals surface area contributed by atoms with Gasteiger partial charge < -0.3 is 20.9 Å². The predicted octanol–water partition coefficient (Wildman–Crippen LogP) is 2.51. The predicted molar refractivity (Wildman–Crippen MR) is 100 cm³/mol. The third-order valence-corrected chi connectivity index (χ3v) is 3.17. The lowest BCUT2D eigenvalue weighted by atomic mass is 10.2. The van der Waals surface area contributed by atoms with Crippen LogP contribution in [0, 0.1) is 0 Å². The summed E-state index contributed by atoms with van der Waals surface area (Å²) in [6.07, 6.45) is 0.571. The first-order chi connectivity index (χ1) is 11.6. The van der Waals surface area contributed by atoms with Crippen LogP contribution in [0.1, 0.15) is 22.3 Å². The second kappa shape index (κ2) is 10.9. The van der Waals surface area contributed by atoms with E-state index < -0.39 is 0 Å². The van der Waals surface area contributed by atoms with E-state index in [1.165, 1.54) is 0 Å². The molecule has 2 aromatic carbocycles. The van der Waals surface area contributed by atoms with Gasteiger partial charge in [-0.05, 0) is 29.8 Å². The van der Waals surface area contributed by atoms with Gasteiger partial charge in [0.05, 0.1) is 12.2 Å². The van der Waals surface area contributed by atoms with Crippen LogP contribution in [-0.2, 0) is 11.3 Å². The number of esters is 1. The van der Waals surface area contributed by atoms with E-state index in [-0.39, 0.29) is 30.9 Å². The summed E-state index contributed by atoms with van der Waals surface area (Å²) < 4.78 is 10.8. The minimum atomic E-state index is -0.380. The highest BCUT2D eigenvalue weighted by molar-refractivity contribution is 5.89. The maximum absolute atomic E-state index is 11.9. The van der Waals surface area contributed by atoms with E-state index in [4.69, 9.17) is 20.9 Å². The van der Waals surface area contributed by atoms with Gasteiger partial charge in [0.2, 0.25) is 0 Å². The molecule has 2 aromatic rings. The Morgan fingerprint density at radius 2 is 1.68 bits per heavy atom. The summed E-state index contributed by atoms with van der Waals surface area (Å²) in [5, 5.41) is 0. The van der Waals surface area contributed by atoms with E-state index in [1.807, 2.05) is 30.3 Å². The fourth-order valence-corrected chi connectivity index (χ4v) is 1.95. The van der Waals surface area contributed by atoms with Gasteiger partial charge in [0.15, 0.2) is 5.96 Å². The average molecular weight is 364 g/mol. The van der Waals surface area contributed by atoms with Crippen LogP contribution in [0.25, 0.3) is 0 Å². The number of nitrogens with two attached hydrogens (primary N) is 2. The minimum absolute atomic E-state index is 0. The number of halogens is 1. The fourth-order valence-electron chi connectivity index (χ4n) is 1.95. The number of aliphatic imine (C=N–C) groups is 1. The molecule has 0 amide bonds. The smallest absolute Gasteiger partial charge is 0.338 e. The number of carbonyl (C=O) groups excluding carboxylic acids is 1. The van der Waals surface area contributed by atoms with Gasteiger partial charge in [-0.15, -0.1) is 12.4 Å². The molecule has 0 aliphatic heterocycles. The van der Waals surface area contributed by atoms with Crippen LogP contribution in [-0.4, -0.2) is 25.1 Å². The van der Waals surface area contributed by atoms with Crippen LogP contribution >= 0.6 is 12.4 Å². The van der Waals surface area contributed by atoms with Gasteiger partial charge in [-0.3, -0.25) is 4.99 Å². The zero-order chi connectivity index (χ0) is 17.2. The number of hydrogen-bond acceptors (Lipinski definition) is 4. The number of guanidine groups is 1. The van der Waals surface area contributed by atoms with Gasteiger partial charge in [0.25, 0.3) is 0 Å². The van der Waals surface area contributed by atoms with Crippen LogP contribution in [0.4, 0.5) is 0 Å². The number of nitrogens with zero attached hydrogens (tertiary/aromatic N) is 1. The van der Waals surface area contributed by atoms with Gasteiger partial charge in [0, 0.05) is 13.0 Å². The number of ether oxygens (including phenoxy) is 2. The molecule has 0 atom stereocenters. The van der Waals surface area contributed by atoms with Crippen molar-refractivity contribution in [1.82, 2.24) is 0 Å². The fraction of sp³-hybridized carbons (Fsp3) is 0.222. The Morgan fingerprint density at radius 3 is 2.32 bits per heavy atom. The summed E-state index contributed by atoms with van der Waals surface area (Å²) >= 11 is 0. The van der Waals surface area contributed by atoms with E-state index in [9.17, 15) is 4.79 Å². The maximum Gasteiger partial charge on any atom is 0.338 e. The van der Waals surface area contributed by atoms with Gasteiger partial charge in [-0.2, -0.15) is 0 Å². The topological polar surface area (TPSA) is 99.9 Å². The van der Waals surface area contributed by atoms with E-state index in [0.717, 1.165) is 5.56 Å². The Labute approximate surface area is 153 Å². The highest BCUT2D eigenvalue weighted by Gasteiger charge is 2.07. The Hall–Kier alpha value is -2.73. The molecule has 0 aliphatic rings. The Balaban J connectivity index is 0.00000312. The van der Waals surface area contributed by atoms with Crippen molar-refractivity contribution in [3.8, 4) is 5.75 Å². The molecular weight excluding hydrogens is 342 g/mol. The maximum atomic E-state index is 11.9. The first kappa shape index (κ1) is 20.3. The SMILES string of the molecule is Cl.NC(N)=NCCCOC(=O)c1ccc(OCc2ccccc2)cc1. The van der Waals surface area contributed by atoms with Crippen LogP contribution in [0.5, 0.6) is 5.75 Å². The molecule has 0 spiro atoms. The first-order valence-electron chi connectivity index (χ1n) is 7.64. The van der Waals surface area contributed by atoms with Crippen LogP contribution in [0.2, 0.25) is 0 Å². The number of hydrogen-bond donors (Lipinski definition) is 2. The molecule has 0 bridgehead atoms. The molecule has 0 saturated carbocycles. The quantitative estimate of drug-likeness (QED) is 0.325. The minimum Gasteiger partial charge on any atom is -0.489 e. The van der Waals surface area contributed by atoms with Crippen molar-refractivity contribution in [3.05, 3.63) is 65.7 Å². The van der Waals surface area contributed by atoms with E-state index >= 15 is 0 Å². The molecule has 25 heavy (non-hydrogen) atoms. The largest absolute Gasteiger partial charge is 0.489 e. The van der Waals surface area contributed by atoms with E-state index in [0.29, 0.717) is 30.9 Å². The molecule has 7 heteroatoms. The Kier molecular flexibility index (Phi) is 8.89. The van der Waals surface area contributed by atoms with Crippen molar-refractivity contribution >= 4 is 24.3 Å².